The fourth-order valence-corrected chi connectivity index (χ4v) is 6.62. The van der Waals surface area contributed by atoms with E-state index in [2.05, 4.69) is 30.7 Å². The van der Waals surface area contributed by atoms with Crippen LogP contribution in [-0.2, 0) is 0 Å². The highest BCUT2D eigenvalue weighted by molar-refractivity contribution is 7.99. The van der Waals surface area contributed by atoms with Crippen molar-refractivity contribution in [1.82, 2.24) is 5.32 Å². The summed E-state index contributed by atoms with van der Waals surface area (Å²) in [5.74, 6) is 1.25. The molecule has 1 amide bonds. The lowest BCUT2D eigenvalue weighted by molar-refractivity contribution is 0.0891. The Morgan fingerprint density at radius 3 is 2.54 bits per heavy atom. The van der Waals surface area contributed by atoms with Gasteiger partial charge >= 0.3 is 0 Å². The monoisotopic (exact) mass is 376 g/mol. The maximum Gasteiger partial charge on any atom is 0.251 e. The maximum absolute atomic E-state index is 12.4. The van der Waals surface area contributed by atoms with Crippen LogP contribution < -0.4 is 10.1 Å². The first kappa shape index (κ1) is 19.2. The average Bonchev–Trinajstić information content (AvgIpc) is 3.10. The summed E-state index contributed by atoms with van der Waals surface area (Å²) in [5.41, 5.74) is 0.744. The summed E-state index contributed by atoms with van der Waals surface area (Å²) in [4.78, 5) is 23.7. The fraction of sp³-hybridized carbons (Fsp3) is 0.650. The molecule has 0 heterocycles. The number of carbonyl (C=O) groups is 1. The molecule has 3 unspecified atom stereocenters. The van der Waals surface area contributed by atoms with Crippen molar-refractivity contribution in [1.29, 1.82) is 0 Å². The second-order valence-electron chi connectivity index (χ2n) is 8.45. The zero-order valence-corrected chi connectivity index (χ0v) is 16.8. The van der Waals surface area contributed by atoms with Gasteiger partial charge in [0.2, 0.25) is 0 Å². The van der Waals surface area contributed by atoms with Crippen molar-refractivity contribution in [2.24, 2.45) is 21.3 Å². The van der Waals surface area contributed by atoms with Gasteiger partial charge in [-0.25, -0.2) is 0 Å². The molecule has 1 aromatic carbocycles. The third-order valence-electron chi connectivity index (χ3n) is 7.09. The van der Waals surface area contributed by atoms with E-state index in [0.29, 0.717) is 18.0 Å². The highest BCUT2D eigenvalue weighted by Crippen LogP contribution is 2.73. The summed E-state index contributed by atoms with van der Waals surface area (Å²) in [6.45, 7) is 7.38. The molecule has 0 spiro atoms. The van der Waals surface area contributed by atoms with Gasteiger partial charge in [0, 0.05) is 28.6 Å². The number of amides is 1. The van der Waals surface area contributed by atoms with E-state index in [1.807, 2.05) is 0 Å². The molecular weight excluding hydrogens is 348 g/mol. The molecule has 1 aromatic rings. The smallest absolute Gasteiger partial charge is 0.251 e. The van der Waals surface area contributed by atoms with Crippen molar-refractivity contribution >= 4 is 17.9 Å². The van der Waals surface area contributed by atoms with Gasteiger partial charge in [-0.2, -0.15) is 0 Å². The Kier molecular flexibility index (Phi) is 5.08. The summed E-state index contributed by atoms with van der Waals surface area (Å²) in [7, 11) is 1.60. The van der Waals surface area contributed by atoms with Crippen LogP contribution in [-0.4, -0.2) is 24.3 Å². The van der Waals surface area contributed by atoms with Gasteiger partial charge in [0.25, 0.3) is 5.91 Å². The van der Waals surface area contributed by atoms with Crippen molar-refractivity contribution < 1.29 is 9.53 Å². The van der Waals surface area contributed by atoms with Gasteiger partial charge < -0.3 is 10.1 Å². The normalized spacial score (nSPS) is 31.6. The summed E-state index contributed by atoms with van der Waals surface area (Å²) < 4.78 is 8.17. The Morgan fingerprint density at radius 2 is 2.00 bits per heavy atom. The number of benzene rings is 1. The van der Waals surface area contributed by atoms with Crippen molar-refractivity contribution in [3.63, 3.8) is 0 Å². The number of fused-ring (bicyclic) bond motifs is 2. The van der Waals surface area contributed by atoms with E-state index < -0.39 is 0 Å². The van der Waals surface area contributed by atoms with Crippen molar-refractivity contribution in [2.45, 2.75) is 51.2 Å². The second kappa shape index (κ2) is 6.87. The zero-order chi connectivity index (χ0) is 19.0. The lowest BCUT2D eigenvalue weighted by Crippen LogP contribution is -2.52. The van der Waals surface area contributed by atoms with E-state index in [1.54, 1.807) is 31.4 Å². The molecule has 3 rings (SSSR count). The van der Waals surface area contributed by atoms with Crippen LogP contribution in [0.5, 0.6) is 5.75 Å². The van der Waals surface area contributed by atoms with E-state index in [9.17, 15) is 9.70 Å². The third-order valence-corrected chi connectivity index (χ3v) is 8.70. The Morgan fingerprint density at radius 1 is 1.31 bits per heavy atom. The zero-order valence-electron chi connectivity index (χ0n) is 16.0. The van der Waals surface area contributed by atoms with Crippen LogP contribution in [0.4, 0.5) is 0 Å². The Labute approximate surface area is 159 Å². The third kappa shape index (κ3) is 2.82. The minimum absolute atomic E-state index is 0.0312. The summed E-state index contributed by atoms with van der Waals surface area (Å²) >= 11 is 1.21. The molecule has 0 radical (unpaired) electrons. The van der Waals surface area contributed by atoms with Crippen LogP contribution in [0.1, 0.15) is 56.8 Å². The van der Waals surface area contributed by atoms with Crippen LogP contribution in [0.3, 0.4) is 0 Å². The lowest BCUT2D eigenvalue weighted by atomic mass is 9.62. The number of hydrogen-bond donors (Lipinski definition) is 1. The van der Waals surface area contributed by atoms with Gasteiger partial charge in [-0.3, -0.25) is 4.79 Å². The number of nitrogens with zero attached hydrogens (tertiary/aromatic N) is 1. The highest BCUT2D eigenvalue weighted by Gasteiger charge is 2.69. The Bertz CT molecular complexity index is 684. The van der Waals surface area contributed by atoms with Crippen molar-refractivity contribution in [3.8, 4) is 5.75 Å². The molecular formula is C20H28N2O3S. The summed E-state index contributed by atoms with van der Waals surface area (Å²) in [6, 6.07) is 7.08. The Hall–Kier alpha value is -1.56. The molecule has 2 saturated carbocycles. The number of hydrogen-bond acceptors (Lipinski definition) is 5. The summed E-state index contributed by atoms with van der Waals surface area (Å²) in [6.07, 6.45) is 4.26. The van der Waals surface area contributed by atoms with Gasteiger partial charge in [-0.1, -0.05) is 20.8 Å². The van der Waals surface area contributed by atoms with Crippen LogP contribution in [0.15, 0.2) is 28.8 Å². The van der Waals surface area contributed by atoms with Crippen LogP contribution in [0.25, 0.3) is 0 Å². The molecule has 2 bridgehead atoms. The first-order chi connectivity index (χ1) is 12.3. The Balaban J connectivity index is 1.70. The molecule has 1 N–H and O–H groups in total. The van der Waals surface area contributed by atoms with Crippen LogP contribution in [0.2, 0.25) is 0 Å². The highest BCUT2D eigenvalue weighted by atomic mass is 32.2. The number of methoxy groups -OCH3 is 1. The number of ether oxygens (including phenoxy) is 1. The van der Waals surface area contributed by atoms with Gasteiger partial charge in [-0.05, 0) is 66.7 Å². The van der Waals surface area contributed by atoms with E-state index in [-0.39, 0.29) is 21.5 Å². The molecule has 26 heavy (non-hydrogen) atoms. The molecule has 0 aliphatic heterocycles. The number of nitrogens with one attached hydrogen (secondary N) is 1. The maximum atomic E-state index is 12.4. The van der Waals surface area contributed by atoms with Gasteiger partial charge in [0.1, 0.15) is 5.75 Å². The lowest BCUT2D eigenvalue weighted by Gasteiger charge is -2.52. The predicted octanol–water partition coefficient (Wildman–Crippen LogP) is 4.81. The quantitative estimate of drug-likeness (QED) is 0.547. The molecule has 2 fully saturated rings. The minimum atomic E-state index is -0.224. The average molecular weight is 377 g/mol. The first-order valence-corrected chi connectivity index (χ1v) is 10.00. The molecule has 6 heteroatoms. The fourth-order valence-electron chi connectivity index (χ4n) is 5.49. The number of rotatable bonds is 7. The molecule has 3 atom stereocenters. The number of carbonyl (C=O) groups excluding carboxylic acids is 1. The molecule has 0 saturated heterocycles. The van der Waals surface area contributed by atoms with Gasteiger partial charge in [-0.15, -0.1) is 4.91 Å². The van der Waals surface area contributed by atoms with E-state index in [1.165, 1.54) is 18.4 Å². The standard InChI is InChI=1S/C20H28N2O3S/c1-18(2)15-9-10-19(3,13-15)20(18,26-22-24)11-12-21-17(23)14-5-7-16(25-4)8-6-14/h5-8,15H,9-13H2,1-4H3,(H,21,23). The van der Waals surface area contributed by atoms with E-state index >= 15 is 0 Å². The van der Waals surface area contributed by atoms with Crippen molar-refractivity contribution in [2.75, 3.05) is 13.7 Å². The van der Waals surface area contributed by atoms with Gasteiger partial charge in [0.05, 0.1) is 11.9 Å². The topological polar surface area (TPSA) is 67.8 Å². The van der Waals surface area contributed by atoms with Gasteiger partial charge in [0.15, 0.2) is 0 Å². The SMILES string of the molecule is COc1ccc(C(=O)NCCC2(SN=O)C3(C)CCC(C3)C2(C)C)cc1. The molecule has 5 nitrogen and oxygen atoms in total. The molecule has 142 valence electrons. The minimum Gasteiger partial charge on any atom is -0.497 e. The summed E-state index contributed by atoms with van der Waals surface area (Å²) in [5, 5.41) is 3.02. The van der Waals surface area contributed by atoms with Crippen LogP contribution >= 0.6 is 11.9 Å². The first-order valence-electron chi connectivity index (χ1n) is 9.23. The number of nitroso groups, excluding NO2 is 1. The second-order valence-corrected chi connectivity index (χ2v) is 9.48. The molecule has 2 aliphatic carbocycles. The van der Waals surface area contributed by atoms with E-state index in [4.69, 9.17) is 4.74 Å². The molecule has 2 aliphatic rings. The largest absolute Gasteiger partial charge is 0.497 e. The predicted molar refractivity (Wildman–Crippen MR) is 105 cm³/mol. The van der Waals surface area contributed by atoms with Crippen LogP contribution in [0, 0.1) is 21.7 Å². The molecule has 0 aromatic heterocycles. The van der Waals surface area contributed by atoms with E-state index in [0.717, 1.165) is 25.0 Å². The van der Waals surface area contributed by atoms with Crippen molar-refractivity contribution in [3.05, 3.63) is 34.7 Å².